The number of carbonyl (C=O) groups is 2. The molecule has 1 amide bonds. The third-order valence-electron chi connectivity index (χ3n) is 7.37. The van der Waals surface area contributed by atoms with Crippen molar-refractivity contribution in [2.24, 2.45) is 0 Å². The lowest BCUT2D eigenvalue weighted by atomic mass is 9.91. The highest BCUT2D eigenvalue weighted by atomic mass is 16.2. The fraction of sp³-hybridized carbons (Fsp3) is 0.333. The summed E-state index contributed by atoms with van der Waals surface area (Å²) < 4.78 is 3.77. The molecule has 2 aromatic carbocycles. The average molecular weight is 512 g/mol. The average Bonchev–Trinajstić information content (AvgIpc) is 3.56. The van der Waals surface area contributed by atoms with Gasteiger partial charge in [-0.15, -0.1) is 20.4 Å². The van der Waals surface area contributed by atoms with Crippen molar-refractivity contribution in [3.05, 3.63) is 76.4 Å². The second-order valence-electron chi connectivity index (χ2n) is 9.66. The number of benzene rings is 2. The van der Waals surface area contributed by atoms with Crippen LogP contribution < -0.4 is 16.0 Å². The van der Waals surface area contributed by atoms with Crippen LogP contribution in [0, 0.1) is 13.8 Å². The topological polar surface area (TPSA) is 132 Å². The summed E-state index contributed by atoms with van der Waals surface area (Å²) in [4.78, 5) is 26.3. The Morgan fingerprint density at radius 1 is 0.816 bits per heavy atom. The number of ketones is 1. The number of anilines is 1. The van der Waals surface area contributed by atoms with E-state index in [0.717, 1.165) is 52.6 Å². The second kappa shape index (κ2) is 9.92. The number of aromatic nitrogens is 6. The van der Waals surface area contributed by atoms with Gasteiger partial charge in [0.25, 0.3) is 5.91 Å². The van der Waals surface area contributed by atoms with Crippen LogP contribution in [0.25, 0.3) is 11.1 Å². The number of hydrogen-bond acceptors (Lipinski definition) is 8. The molecule has 194 valence electrons. The summed E-state index contributed by atoms with van der Waals surface area (Å²) in [5, 5.41) is 26.1. The molecule has 0 spiro atoms. The van der Waals surface area contributed by atoms with Crippen LogP contribution in [0.5, 0.6) is 0 Å². The van der Waals surface area contributed by atoms with Crippen LogP contribution in [-0.2, 0) is 32.6 Å². The van der Waals surface area contributed by atoms with Gasteiger partial charge in [0.05, 0.1) is 13.1 Å². The maximum atomic E-state index is 13.2. The van der Waals surface area contributed by atoms with E-state index in [-0.39, 0.29) is 18.1 Å². The summed E-state index contributed by atoms with van der Waals surface area (Å²) in [6.07, 6.45) is 0.244. The highest BCUT2D eigenvalue weighted by Crippen LogP contribution is 2.32. The van der Waals surface area contributed by atoms with E-state index in [1.165, 1.54) is 0 Å². The van der Waals surface area contributed by atoms with Gasteiger partial charge in [-0.1, -0.05) is 30.3 Å². The van der Waals surface area contributed by atoms with Gasteiger partial charge >= 0.3 is 0 Å². The van der Waals surface area contributed by atoms with Crippen LogP contribution in [0.3, 0.4) is 0 Å². The van der Waals surface area contributed by atoms with Crippen LogP contribution >= 0.6 is 0 Å². The van der Waals surface area contributed by atoms with Gasteiger partial charge in [-0.2, -0.15) is 0 Å². The van der Waals surface area contributed by atoms with Crippen LogP contribution in [0.1, 0.15) is 49.6 Å². The van der Waals surface area contributed by atoms with Crippen molar-refractivity contribution in [1.29, 1.82) is 0 Å². The predicted molar refractivity (Wildman–Crippen MR) is 141 cm³/mol. The number of fused-ring (bicyclic) bond motifs is 2. The molecule has 4 aromatic rings. The monoisotopic (exact) mass is 511 g/mol. The Kier molecular flexibility index (Phi) is 6.30. The summed E-state index contributed by atoms with van der Waals surface area (Å²) in [5.41, 5.74) is 5.62. The summed E-state index contributed by atoms with van der Waals surface area (Å²) in [7, 11) is 0. The van der Waals surface area contributed by atoms with Crippen molar-refractivity contribution >= 4 is 17.4 Å². The van der Waals surface area contributed by atoms with Crippen LogP contribution in [0.15, 0.2) is 36.4 Å². The highest BCUT2D eigenvalue weighted by molar-refractivity contribution is 6.03. The Labute approximate surface area is 219 Å². The second-order valence-corrected chi connectivity index (χ2v) is 9.66. The Balaban J connectivity index is 1.26. The first kappa shape index (κ1) is 24.1. The molecule has 0 radical (unpaired) electrons. The van der Waals surface area contributed by atoms with Gasteiger partial charge in [0.1, 0.15) is 11.6 Å². The van der Waals surface area contributed by atoms with Crippen molar-refractivity contribution in [1.82, 2.24) is 40.2 Å². The van der Waals surface area contributed by atoms with Crippen molar-refractivity contribution in [2.45, 2.75) is 46.4 Å². The normalized spacial score (nSPS) is 14.6. The molecule has 2 aromatic heterocycles. The first-order valence-corrected chi connectivity index (χ1v) is 12.8. The molecule has 0 unspecified atom stereocenters. The third kappa shape index (κ3) is 4.29. The largest absolute Gasteiger partial charge is 0.319 e. The van der Waals surface area contributed by atoms with E-state index in [0.29, 0.717) is 43.5 Å². The molecule has 0 saturated carbocycles. The molecule has 0 aliphatic carbocycles. The lowest BCUT2D eigenvalue weighted by Gasteiger charge is -2.18. The molecule has 0 bridgehead atoms. The smallest absolute Gasteiger partial charge is 0.293 e. The zero-order chi connectivity index (χ0) is 26.2. The van der Waals surface area contributed by atoms with E-state index >= 15 is 0 Å². The molecule has 0 fully saturated rings. The number of hydrogen-bond donors (Lipinski definition) is 3. The Hall–Kier alpha value is -4.22. The summed E-state index contributed by atoms with van der Waals surface area (Å²) in [5.74, 6) is 1.96. The van der Waals surface area contributed by atoms with E-state index < -0.39 is 0 Å². The van der Waals surface area contributed by atoms with Gasteiger partial charge in [-0.25, -0.2) is 0 Å². The van der Waals surface area contributed by atoms with E-state index in [4.69, 9.17) is 0 Å². The van der Waals surface area contributed by atoms with E-state index in [2.05, 4.69) is 36.3 Å². The van der Waals surface area contributed by atoms with Crippen molar-refractivity contribution < 1.29 is 9.59 Å². The lowest BCUT2D eigenvalue weighted by Crippen LogP contribution is -2.31. The molecular weight excluding hydrogens is 482 g/mol. The zero-order valence-corrected chi connectivity index (χ0v) is 21.4. The van der Waals surface area contributed by atoms with Crippen LogP contribution in [-0.4, -0.2) is 54.3 Å². The van der Waals surface area contributed by atoms with Gasteiger partial charge in [0.15, 0.2) is 0 Å². The lowest BCUT2D eigenvalue weighted by molar-refractivity contribution is 0.0975. The minimum Gasteiger partial charge on any atom is -0.319 e. The SMILES string of the molecule is Cc1c(CC(=O)c2nnc3n2CCNC3)cccc1-c1cccc(NC(=O)c2nnc3n2CCNC3)c1C. The highest BCUT2D eigenvalue weighted by Gasteiger charge is 2.23. The van der Waals surface area contributed by atoms with Crippen molar-refractivity contribution in [3.8, 4) is 11.1 Å². The quantitative estimate of drug-likeness (QED) is 0.335. The molecular formula is C27H29N9O2. The Morgan fingerprint density at radius 2 is 1.42 bits per heavy atom. The third-order valence-corrected chi connectivity index (χ3v) is 7.37. The van der Waals surface area contributed by atoms with E-state index in [1.54, 1.807) is 0 Å². The molecule has 2 aliphatic rings. The van der Waals surface area contributed by atoms with Crippen LogP contribution in [0.4, 0.5) is 5.69 Å². The molecule has 11 heteroatoms. The van der Waals surface area contributed by atoms with Crippen LogP contribution in [0.2, 0.25) is 0 Å². The molecule has 6 rings (SSSR count). The number of amides is 1. The van der Waals surface area contributed by atoms with Gasteiger partial charge < -0.3 is 25.1 Å². The summed E-state index contributed by atoms with van der Waals surface area (Å²) in [6.45, 7) is 8.15. The minimum atomic E-state index is -0.284. The minimum absolute atomic E-state index is 0.0459. The number of Topliss-reactive ketones (excluding diaryl/α,β-unsaturated/α-hetero) is 1. The maximum Gasteiger partial charge on any atom is 0.293 e. The summed E-state index contributed by atoms with van der Waals surface area (Å²) in [6, 6.07) is 11.8. The molecule has 38 heavy (non-hydrogen) atoms. The fourth-order valence-corrected chi connectivity index (χ4v) is 5.22. The first-order chi connectivity index (χ1) is 18.5. The molecule has 11 nitrogen and oxygen atoms in total. The summed E-state index contributed by atoms with van der Waals surface area (Å²) >= 11 is 0. The van der Waals surface area contributed by atoms with Gasteiger partial charge in [0, 0.05) is 38.3 Å². The van der Waals surface area contributed by atoms with Gasteiger partial charge in [-0.05, 0) is 47.7 Å². The molecule has 0 atom stereocenters. The fourth-order valence-electron chi connectivity index (χ4n) is 5.22. The number of nitrogens with one attached hydrogen (secondary N) is 3. The first-order valence-electron chi connectivity index (χ1n) is 12.8. The van der Waals surface area contributed by atoms with E-state index in [1.807, 2.05) is 59.4 Å². The molecule has 2 aliphatic heterocycles. The number of nitrogens with zero attached hydrogens (tertiary/aromatic N) is 6. The molecule has 3 N–H and O–H groups in total. The van der Waals surface area contributed by atoms with Crippen molar-refractivity contribution in [2.75, 3.05) is 18.4 Å². The van der Waals surface area contributed by atoms with Gasteiger partial charge in [-0.3, -0.25) is 9.59 Å². The van der Waals surface area contributed by atoms with E-state index in [9.17, 15) is 9.59 Å². The maximum absolute atomic E-state index is 13.2. The number of rotatable bonds is 6. The standard InChI is InChI=1S/C27H29N9O2/c1-16-18(13-22(37)25-33-31-23-14-28-9-11-35(23)25)5-3-6-19(16)20-7-4-8-21(17(20)2)30-27(38)26-34-32-24-15-29-10-12-36(24)26/h3-8,28-29H,9-15H2,1-2H3,(H,30,38). The Morgan fingerprint density at radius 3 is 2.13 bits per heavy atom. The van der Waals surface area contributed by atoms with Crippen molar-refractivity contribution in [3.63, 3.8) is 0 Å². The van der Waals surface area contributed by atoms with Gasteiger partial charge in [0.2, 0.25) is 17.4 Å². The Bertz CT molecular complexity index is 1440. The zero-order valence-electron chi connectivity index (χ0n) is 21.4. The number of carbonyl (C=O) groups excluding carboxylic acids is 2. The molecule has 4 heterocycles. The predicted octanol–water partition coefficient (Wildman–Crippen LogP) is 2.04. The molecule has 0 saturated heterocycles.